The summed E-state index contributed by atoms with van der Waals surface area (Å²) in [4.78, 5) is 6.97. The van der Waals surface area contributed by atoms with Gasteiger partial charge in [0, 0.05) is 39.9 Å². The molecule has 24 heavy (non-hydrogen) atoms. The average molecular weight is 343 g/mol. The van der Waals surface area contributed by atoms with Gasteiger partial charge in [-0.3, -0.25) is 9.89 Å². The second-order valence-corrected chi connectivity index (χ2v) is 6.38. The van der Waals surface area contributed by atoms with Crippen molar-refractivity contribution in [2.45, 2.75) is 51.5 Å². The van der Waals surface area contributed by atoms with Crippen molar-refractivity contribution >= 4 is 5.96 Å². The van der Waals surface area contributed by atoms with Crippen LogP contribution in [0.1, 0.15) is 45.4 Å². The van der Waals surface area contributed by atoms with Crippen LogP contribution >= 0.6 is 0 Å². The molecule has 0 radical (unpaired) electrons. The molecule has 1 heterocycles. The monoisotopic (exact) mass is 342 g/mol. The summed E-state index contributed by atoms with van der Waals surface area (Å²) in [5.74, 6) is 0.896. The Labute approximate surface area is 148 Å². The Kier molecular flexibility index (Phi) is 12.8. The van der Waals surface area contributed by atoms with Gasteiger partial charge in [-0.15, -0.1) is 0 Å². The first-order valence-corrected chi connectivity index (χ1v) is 9.57. The highest BCUT2D eigenvalue weighted by Crippen LogP contribution is 2.16. The standard InChI is InChI=1S/C18H38N4O2/c1-4-5-11-22-12-7-6-9-17(22)16-21-18(19-2)20-10-8-13-24-15-14-23-3/h17H,4-16H2,1-3H3,(H2,19,20,21). The minimum absolute atomic E-state index is 0.640. The molecule has 1 rings (SSSR count). The fourth-order valence-corrected chi connectivity index (χ4v) is 3.01. The number of hydrogen-bond donors (Lipinski definition) is 2. The maximum atomic E-state index is 5.46. The van der Waals surface area contributed by atoms with E-state index in [2.05, 4.69) is 27.4 Å². The lowest BCUT2D eigenvalue weighted by atomic mass is 10.0. The highest BCUT2D eigenvalue weighted by Gasteiger charge is 2.21. The number of rotatable bonds is 12. The summed E-state index contributed by atoms with van der Waals surface area (Å²) < 4.78 is 10.4. The normalized spacial score (nSPS) is 19.5. The van der Waals surface area contributed by atoms with Gasteiger partial charge < -0.3 is 20.1 Å². The average Bonchev–Trinajstić information content (AvgIpc) is 2.62. The third-order valence-corrected chi connectivity index (χ3v) is 4.47. The number of ether oxygens (including phenoxy) is 2. The fourth-order valence-electron chi connectivity index (χ4n) is 3.01. The van der Waals surface area contributed by atoms with Gasteiger partial charge in [0.2, 0.25) is 0 Å². The van der Waals surface area contributed by atoms with Crippen LogP contribution < -0.4 is 10.6 Å². The molecule has 0 aromatic heterocycles. The number of unbranched alkanes of at least 4 members (excludes halogenated alkanes) is 1. The van der Waals surface area contributed by atoms with E-state index in [9.17, 15) is 0 Å². The molecule has 6 heteroatoms. The highest BCUT2D eigenvalue weighted by molar-refractivity contribution is 5.79. The molecule has 0 aromatic carbocycles. The van der Waals surface area contributed by atoms with E-state index in [1.165, 1.54) is 45.2 Å². The molecular weight excluding hydrogens is 304 g/mol. The lowest BCUT2D eigenvalue weighted by Crippen LogP contribution is -2.49. The third-order valence-electron chi connectivity index (χ3n) is 4.47. The van der Waals surface area contributed by atoms with Crippen LogP contribution in [0.3, 0.4) is 0 Å². The zero-order valence-corrected chi connectivity index (χ0v) is 16.0. The SMILES string of the molecule is CCCCN1CCCCC1CNC(=NC)NCCCOCCOC. The van der Waals surface area contributed by atoms with E-state index < -0.39 is 0 Å². The first-order chi connectivity index (χ1) is 11.8. The molecule has 1 unspecified atom stereocenters. The topological polar surface area (TPSA) is 58.1 Å². The smallest absolute Gasteiger partial charge is 0.191 e. The molecule has 0 amide bonds. The summed E-state index contributed by atoms with van der Waals surface area (Å²) in [6.07, 6.45) is 7.52. The summed E-state index contributed by atoms with van der Waals surface area (Å²) >= 11 is 0. The van der Waals surface area contributed by atoms with Gasteiger partial charge >= 0.3 is 0 Å². The quantitative estimate of drug-likeness (QED) is 0.322. The van der Waals surface area contributed by atoms with Gasteiger partial charge in [-0.25, -0.2) is 0 Å². The van der Waals surface area contributed by atoms with Crippen molar-refractivity contribution in [1.29, 1.82) is 0 Å². The third kappa shape index (κ3) is 9.45. The van der Waals surface area contributed by atoms with E-state index in [0.29, 0.717) is 19.3 Å². The van der Waals surface area contributed by atoms with E-state index in [-0.39, 0.29) is 0 Å². The Hall–Kier alpha value is -0.850. The van der Waals surface area contributed by atoms with Crippen LogP contribution in [0.25, 0.3) is 0 Å². The van der Waals surface area contributed by atoms with E-state index in [4.69, 9.17) is 9.47 Å². The molecule has 1 atom stereocenters. The molecular formula is C18H38N4O2. The Bertz CT molecular complexity index is 326. The molecule has 0 aliphatic carbocycles. The summed E-state index contributed by atoms with van der Waals surface area (Å²) in [6, 6.07) is 0.640. The van der Waals surface area contributed by atoms with Crippen molar-refractivity contribution in [2.24, 2.45) is 4.99 Å². The molecule has 0 spiro atoms. The number of likely N-dealkylation sites (tertiary alicyclic amines) is 1. The zero-order valence-electron chi connectivity index (χ0n) is 16.0. The molecule has 6 nitrogen and oxygen atoms in total. The van der Waals surface area contributed by atoms with Gasteiger partial charge in [0.05, 0.1) is 13.2 Å². The first-order valence-electron chi connectivity index (χ1n) is 9.57. The number of nitrogens with zero attached hydrogens (tertiary/aromatic N) is 2. The van der Waals surface area contributed by atoms with E-state index in [1.807, 2.05) is 7.05 Å². The second kappa shape index (κ2) is 14.5. The van der Waals surface area contributed by atoms with Crippen molar-refractivity contribution in [1.82, 2.24) is 15.5 Å². The minimum atomic E-state index is 0.640. The van der Waals surface area contributed by atoms with Gasteiger partial charge in [-0.1, -0.05) is 19.8 Å². The predicted molar refractivity (Wildman–Crippen MR) is 101 cm³/mol. The van der Waals surface area contributed by atoms with Crippen LogP contribution in [-0.2, 0) is 9.47 Å². The van der Waals surface area contributed by atoms with Gasteiger partial charge in [-0.05, 0) is 38.8 Å². The molecule has 0 saturated carbocycles. The van der Waals surface area contributed by atoms with Crippen LogP contribution in [0.2, 0.25) is 0 Å². The molecule has 1 fully saturated rings. The molecule has 1 aliphatic rings. The minimum Gasteiger partial charge on any atom is -0.382 e. The molecule has 0 bridgehead atoms. The van der Waals surface area contributed by atoms with Crippen molar-refractivity contribution < 1.29 is 9.47 Å². The predicted octanol–water partition coefficient (Wildman–Crippen LogP) is 1.86. The van der Waals surface area contributed by atoms with Crippen LogP contribution in [-0.4, -0.2) is 77.1 Å². The Morgan fingerprint density at radius 2 is 2.04 bits per heavy atom. The maximum Gasteiger partial charge on any atom is 0.191 e. The second-order valence-electron chi connectivity index (χ2n) is 6.38. The maximum absolute atomic E-state index is 5.46. The van der Waals surface area contributed by atoms with Gasteiger partial charge in [0.25, 0.3) is 0 Å². The van der Waals surface area contributed by atoms with Gasteiger partial charge in [0.1, 0.15) is 0 Å². The molecule has 0 aromatic rings. The van der Waals surface area contributed by atoms with Crippen molar-refractivity contribution in [3.8, 4) is 0 Å². The summed E-state index contributed by atoms with van der Waals surface area (Å²) in [6.45, 7) is 8.67. The first kappa shape index (κ1) is 21.2. The number of guanidine groups is 1. The summed E-state index contributed by atoms with van der Waals surface area (Å²) in [5, 5.41) is 6.86. The van der Waals surface area contributed by atoms with Crippen molar-refractivity contribution in [3.05, 3.63) is 0 Å². The van der Waals surface area contributed by atoms with E-state index in [0.717, 1.165) is 32.1 Å². The molecule has 1 aliphatic heterocycles. The Morgan fingerprint density at radius 1 is 1.17 bits per heavy atom. The summed E-state index contributed by atoms with van der Waals surface area (Å²) in [5.41, 5.74) is 0. The number of hydrogen-bond acceptors (Lipinski definition) is 4. The lowest BCUT2D eigenvalue weighted by molar-refractivity contribution is 0.0698. The van der Waals surface area contributed by atoms with Gasteiger partial charge in [-0.2, -0.15) is 0 Å². The number of methoxy groups -OCH3 is 1. The fraction of sp³-hybridized carbons (Fsp3) is 0.944. The van der Waals surface area contributed by atoms with E-state index in [1.54, 1.807) is 7.11 Å². The largest absolute Gasteiger partial charge is 0.382 e. The van der Waals surface area contributed by atoms with Crippen molar-refractivity contribution in [3.63, 3.8) is 0 Å². The van der Waals surface area contributed by atoms with Gasteiger partial charge in [0.15, 0.2) is 5.96 Å². The Balaban J connectivity index is 2.17. The zero-order chi connectivity index (χ0) is 17.5. The van der Waals surface area contributed by atoms with Crippen LogP contribution in [0.15, 0.2) is 4.99 Å². The lowest BCUT2D eigenvalue weighted by Gasteiger charge is -2.36. The van der Waals surface area contributed by atoms with Crippen LogP contribution in [0.5, 0.6) is 0 Å². The molecule has 2 N–H and O–H groups in total. The van der Waals surface area contributed by atoms with Crippen LogP contribution in [0.4, 0.5) is 0 Å². The molecule has 142 valence electrons. The highest BCUT2D eigenvalue weighted by atomic mass is 16.5. The van der Waals surface area contributed by atoms with Crippen LogP contribution in [0, 0.1) is 0 Å². The van der Waals surface area contributed by atoms with E-state index >= 15 is 0 Å². The summed E-state index contributed by atoms with van der Waals surface area (Å²) in [7, 11) is 3.52. The number of nitrogens with one attached hydrogen (secondary N) is 2. The molecule has 1 saturated heterocycles. The van der Waals surface area contributed by atoms with Crippen molar-refractivity contribution in [2.75, 3.05) is 60.2 Å². The number of piperidine rings is 1. The number of aliphatic imine (C=N–C) groups is 1. The Morgan fingerprint density at radius 3 is 2.79 bits per heavy atom.